The van der Waals surface area contributed by atoms with Gasteiger partial charge in [0.05, 0.1) is 18.8 Å². The Labute approximate surface area is 135 Å². The molecule has 0 aromatic heterocycles. The van der Waals surface area contributed by atoms with E-state index in [1.165, 1.54) is 0 Å². The molecule has 22 heavy (non-hydrogen) atoms. The average Bonchev–Trinajstić information content (AvgIpc) is 2.48. The van der Waals surface area contributed by atoms with Crippen LogP contribution in [0.4, 0.5) is 5.69 Å². The molecule has 0 heterocycles. The van der Waals surface area contributed by atoms with Crippen molar-refractivity contribution in [2.75, 3.05) is 18.5 Å². The van der Waals surface area contributed by atoms with E-state index < -0.39 is 0 Å². The van der Waals surface area contributed by atoms with Crippen LogP contribution in [0.5, 0.6) is 11.5 Å². The Bertz CT molecular complexity index is 658. The third-order valence-electron chi connectivity index (χ3n) is 2.89. The molecule has 0 saturated carbocycles. The van der Waals surface area contributed by atoms with E-state index in [2.05, 4.69) is 5.32 Å². The van der Waals surface area contributed by atoms with Crippen molar-refractivity contribution in [1.82, 2.24) is 0 Å². The average molecular weight is 320 g/mol. The van der Waals surface area contributed by atoms with Crippen molar-refractivity contribution in [3.8, 4) is 11.5 Å². The largest absolute Gasteiger partial charge is 0.494 e. The van der Waals surface area contributed by atoms with Crippen molar-refractivity contribution in [1.29, 1.82) is 0 Å². The van der Waals surface area contributed by atoms with Crippen LogP contribution in [0.1, 0.15) is 24.2 Å². The minimum absolute atomic E-state index is 0.256. The summed E-state index contributed by atoms with van der Waals surface area (Å²) in [5.41, 5.74) is 1.08. The van der Waals surface area contributed by atoms with E-state index >= 15 is 0 Å². The van der Waals surface area contributed by atoms with Gasteiger partial charge < -0.3 is 14.8 Å². The van der Waals surface area contributed by atoms with Gasteiger partial charge in [0, 0.05) is 16.8 Å². The molecule has 2 aromatic rings. The van der Waals surface area contributed by atoms with Crippen LogP contribution in [-0.4, -0.2) is 19.1 Å². The van der Waals surface area contributed by atoms with Crippen LogP contribution in [-0.2, 0) is 0 Å². The van der Waals surface area contributed by atoms with Gasteiger partial charge in [0.15, 0.2) is 0 Å². The van der Waals surface area contributed by atoms with E-state index in [0.29, 0.717) is 41.0 Å². The number of ether oxygens (including phenoxy) is 2. The van der Waals surface area contributed by atoms with Gasteiger partial charge in [0.2, 0.25) is 0 Å². The van der Waals surface area contributed by atoms with Gasteiger partial charge in [0.25, 0.3) is 5.91 Å². The molecule has 4 nitrogen and oxygen atoms in total. The second kappa shape index (κ2) is 7.71. The zero-order valence-corrected chi connectivity index (χ0v) is 13.3. The lowest BCUT2D eigenvalue weighted by molar-refractivity contribution is 0.102. The maximum absolute atomic E-state index is 12.4. The molecule has 0 aliphatic rings. The lowest BCUT2D eigenvalue weighted by Crippen LogP contribution is -2.13. The van der Waals surface area contributed by atoms with E-state index in [-0.39, 0.29) is 5.91 Å². The maximum atomic E-state index is 12.4. The number of halogens is 1. The first-order valence-electron chi connectivity index (χ1n) is 7.10. The van der Waals surface area contributed by atoms with Crippen molar-refractivity contribution in [3.63, 3.8) is 0 Å². The highest BCUT2D eigenvalue weighted by molar-refractivity contribution is 6.31. The fraction of sp³-hybridized carbons (Fsp3) is 0.235. The first kappa shape index (κ1) is 16.2. The molecule has 0 bridgehead atoms. The molecule has 0 fully saturated rings. The van der Waals surface area contributed by atoms with Crippen molar-refractivity contribution in [2.24, 2.45) is 0 Å². The fourth-order valence-corrected chi connectivity index (χ4v) is 2.18. The number of amides is 1. The van der Waals surface area contributed by atoms with Crippen LogP contribution in [0.3, 0.4) is 0 Å². The van der Waals surface area contributed by atoms with Crippen molar-refractivity contribution >= 4 is 23.2 Å². The van der Waals surface area contributed by atoms with Gasteiger partial charge in [-0.05, 0) is 44.2 Å². The number of benzene rings is 2. The molecule has 0 aliphatic heterocycles. The molecule has 0 atom stereocenters. The first-order valence-corrected chi connectivity index (χ1v) is 7.48. The van der Waals surface area contributed by atoms with Gasteiger partial charge in [-0.15, -0.1) is 0 Å². The van der Waals surface area contributed by atoms with Crippen LogP contribution < -0.4 is 14.8 Å². The highest BCUT2D eigenvalue weighted by Crippen LogP contribution is 2.26. The van der Waals surface area contributed by atoms with Gasteiger partial charge in [-0.3, -0.25) is 4.79 Å². The minimum Gasteiger partial charge on any atom is -0.494 e. The highest BCUT2D eigenvalue weighted by Gasteiger charge is 2.14. The van der Waals surface area contributed by atoms with Gasteiger partial charge in [-0.2, -0.15) is 0 Å². The zero-order chi connectivity index (χ0) is 15.9. The molecule has 1 N–H and O–H groups in total. The lowest BCUT2D eigenvalue weighted by Gasteiger charge is -2.13. The highest BCUT2D eigenvalue weighted by atomic mass is 35.5. The predicted octanol–water partition coefficient (Wildman–Crippen LogP) is 4.39. The van der Waals surface area contributed by atoms with Gasteiger partial charge in [0.1, 0.15) is 11.5 Å². The lowest BCUT2D eigenvalue weighted by atomic mass is 10.1. The molecule has 5 heteroatoms. The third-order valence-corrected chi connectivity index (χ3v) is 3.13. The molecule has 2 aromatic carbocycles. The molecule has 2 rings (SSSR count). The summed E-state index contributed by atoms with van der Waals surface area (Å²) in [6.07, 6.45) is 0. The summed E-state index contributed by atoms with van der Waals surface area (Å²) in [4.78, 5) is 12.4. The Morgan fingerprint density at radius 1 is 1.09 bits per heavy atom. The molecule has 0 radical (unpaired) electrons. The predicted molar refractivity (Wildman–Crippen MR) is 88.2 cm³/mol. The van der Waals surface area contributed by atoms with Crippen molar-refractivity contribution in [2.45, 2.75) is 13.8 Å². The zero-order valence-electron chi connectivity index (χ0n) is 12.6. The summed E-state index contributed by atoms with van der Waals surface area (Å²) >= 11 is 5.92. The number of hydrogen-bond acceptors (Lipinski definition) is 3. The molecule has 0 unspecified atom stereocenters. The van der Waals surface area contributed by atoms with E-state index in [1.807, 2.05) is 13.8 Å². The summed E-state index contributed by atoms with van der Waals surface area (Å²) in [5, 5.41) is 3.37. The van der Waals surface area contributed by atoms with Crippen LogP contribution in [0.2, 0.25) is 5.02 Å². The smallest absolute Gasteiger partial charge is 0.259 e. The third kappa shape index (κ3) is 4.15. The molecule has 1 amide bonds. The molecule has 0 spiro atoms. The Kier molecular flexibility index (Phi) is 5.67. The maximum Gasteiger partial charge on any atom is 0.259 e. The van der Waals surface area contributed by atoms with E-state index in [0.717, 1.165) is 0 Å². The molecular weight excluding hydrogens is 302 g/mol. The van der Waals surface area contributed by atoms with Crippen molar-refractivity contribution in [3.05, 3.63) is 53.1 Å². The summed E-state index contributed by atoms with van der Waals surface area (Å²) in [6, 6.07) is 12.2. The molecule has 0 aliphatic carbocycles. The topological polar surface area (TPSA) is 47.6 Å². The summed E-state index contributed by atoms with van der Waals surface area (Å²) < 4.78 is 11.0. The normalized spacial score (nSPS) is 10.1. The number of nitrogens with one attached hydrogen (secondary N) is 1. The second-order valence-electron chi connectivity index (χ2n) is 4.49. The number of carbonyl (C=O) groups excluding carboxylic acids is 1. The summed E-state index contributed by atoms with van der Waals surface area (Å²) in [5.74, 6) is 0.909. The molecule has 0 saturated heterocycles. The second-order valence-corrected chi connectivity index (χ2v) is 4.92. The fourth-order valence-electron chi connectivity index (χ4n) is 1.99. The number of hydrogen-bond donors (Lipinski definition) is 1. The van der Waals surface area contributed by atoms with Crippen molar-refractivity contribution < 1.29 is 14.3 Å². The van der Waals surface area contributed by atoms with Gasteiger partial charge in [-0.1, -0.05) is 17.7 Å². The number of anilines is 1. The Morgan fingerprint density at radius 2 is 1.86 bits per heavy atom. The van der Waals surface area contributed by atoms with Crippen LogP contribution in [0, 0.1) is 0 Å². The number of rotatable bonds is 6. The van der Waals surface area contributed by atoms with E-state index in [4.69, 9.17) is 21.1 Å². The SMILES string of the molecule is CCOc1ccc(C(=O)Nc2cccc(Cl)c2)c(OCC)c1. The Morgan fingerprint density at radius 3 is 2.55 bits per heavy atom. The molecular formula is C17H18ClNO3. The quantitative estimate of drug-likeness (QED) is 0.859. The minimum atomic E-state index is -0.256. The van der Waals surface area contributed by atoms with Gasteiger partial charge in [-0.25, -0.2) is 0 Å². The van der Waals surface area contributed by atoms with Crippen LogP contribution in [0.25, 0.3) is 0 Å². The number of carbonyl (C=O) groups is 1. The standard InChI is InChI=1S/C17H18ClNO3/c1-3-21-14-8-9-15(16(11-14)22-4-2)17(20)19-13-7-5-6-12(18)10-13/h5-11H,3-4H2,1-2H3,(H,19,20). The Hall–Kier alpha value is -2.20. The van der Waals surface area contributed by atoms with E-state index in [9.17, 15) is 4.79 Å². The van der Waals surface area contributed by atoms with Crippen LogP contribution in [0.15, 0.2) is 42.5 Å². The monoisotopic (exact) mass is 319 g/mol. The van der Waals surface area contributed by atoms with E-state index in [1.54, 1.807) is 42.5 Å². The Balaban J connectivity index is 2.24. The summed E-state index contributed by atoms with van der Waals surface area (Å²) in [6.45, 7) is 4.79. The summed E-state index contributed by atoms with van der Waals surface area (Å²) in [7, 11) is 0. The van der Waals surface area contributed by atoms with Crippen LogP contribution >= 0.6 is 11.6 Å². The van der Waals surface area contributed by atoms with Gasteiger partial charge >= 0.3 is 0 Å². The first-order chi connectivity index (χ1) is 10.6. The molecule has 116 valence electrons.